The maximum absolute atomic E-state index is 11.3. The van der Waals surface area contributed by atoms with Crippen molar-refractivity contribution in [2.75, 3.05) is 7.11 Å². The second-order valence-corrected chi connectivity index (χ2v) is 4.71. The van der Waals surface area contributed by atoms with Gasteiger partial charge in [-0.25, -0.2) is 0 Å². The molecule has 0 saturated carbocycles. The van der Waals surface area contributed by atoms with Crippen LogP contribution in [0.5, 0.6) is 5.75 Å². The van der Waals surface area contributed by atoms with Gasteiger partial charge in [0.2, 0.25) is 0 Å². The molecule has 1 aliphatic rings. The van der Waals surface area contributed by atoms with Gasteiger partial charge in [0.05, 0.1) is 0 Å². The van der Waals surface area contributed by atoms with E-state index in [4.69, 9.17) is 4.74 Å². The molecule has 1 aromatic rings. The molecule has 0 aromatic heterocycles. The van der Waals surface area contributed by atoms with Crippen LogP contribution in [0.3, 0.4) is 0 Å². The van der Waals surface area contributed by atoms with Crippen molar-refractivity contribution in [1.82, 2.24) is 0 Å². The van der Waals surface area contributed by atoms with E-state index in [9.17, 15) is 4.79 Å². The Bertz CT molecular complexity index is 333. The van der Waals surface area contributed by atoms with E-state index < -0.39 is 0 Å². The van der Waals surface area contributed by atoms with E-state index >= 15 is 0 Å². The van der Waals surface area contributed by atoms with Crippen molar-refractivity contribution in [2.45, 2.75) is 5.32 Å². The number of ether oxygens (including phenoxy) is 1. The first-order valence-electron chi connectivity index (χ1n) is 3.65. The van der Waals surface area contributed by atoms with Crippen molar-refractivity contribution >= 4 is 25.2 Å². The monoisotopic (exact) mass is 228 g/mol. The maximum atomic E-state index is 11.3. The topological polar surface area (TPSA) is 26.3 Å². The van der Waals surface area contributed by atoms with Gasteiger partial charge >= 0.3 is 76.7 Å². The van der Waals surface area contributed by atoms with Gasteiger partial charge in [-0.3, -0.25) is 0 Å². The van der Waals surface area contributed by atoms with Crippen molar-refractivity contribution in [3.05, 3.63) is 23.8 Å². The predicted octanol–water partition coefficient (Wildman–Crippen LogP) is 0.639. The molecule has 0 aliphatic carbocycles. The van der Waals surface area contributed by atoms with Crippen LogP contribution >= 0.6 is 0 Å². The van der Waals surface area contributed by atoms with Gasteiger partial charge in [-0.1, -0.05) is 0 Å². The van der Waals surface area contributed by atoms with Crippen LogP contribution in [-0.2, 0) is 0 Å². The van der Waals surface area contributed by atoms with Crippen LogP contribution in [0.25, 0.3) is 0 Å². The number of fused-ring (bicyclic) bond motifs is 1. The molecule has 0 amide bonds. The molecule has 62 valence electrons. The molecule has 0 spiro atoms. The molecule has 0 atom stereocenters. The average Bonchev–Trinajstić information content (AvgIpc) is 2.47. The van der Waals surface area contributed by atoms with Crippen LogP contribution in [0.2, 0.25) is 5.32 Å². The standard InChI is InChI=1S/C9H8O2Se/c1-11-6-2-3-9-7(4-6)8(10)5-12-9/h2-4H,5H2,1H3. The Kier molecular flexibility index (Phi) is 1.91. The van der Waals surface area contributed by atoms with Gasteiger partial charge in [0.1, 0.15) is 0 Å². The molecule has 0 radical (unpaired) electrons. The summed E-state index contributed by atoms with van der Waals surface area (Å²) < 4.78 is 6.26. The number of methoxy groups -OCH3 is 1. The summed E-state index contributed by atoms with van der Waals surface area (Å²) in [7, 11) is 1.62. The molecule has 3 heteroatoms. The molecule has 0 N–H and O–H groups in total. The Morgan fingerprint density at radius 1 is 1.50 bits per heavy atom. The first-order chi connectivity index (χ1) is 5.81. The van der Waals surface area contributed by atoms with Gasteiger partial charge in [0.15, 0.2) is 0 Å². The SMILES string of the molecule is COc1ccc2c(c1)C(=O)C[Se]2. The molecular weight excluding hydrogens is 219 g/mol. The van der Waals surface area contributed by atoms with Crippen molar-refractivity contribution in [3.8, 4) is 5.75 Å². The number of carbonyl (C=O) groups excluding carboxylic acids is 1. The molecule has 1 aromatic carbocycles. The zero-order valence-corrected chi connectivity index (χ0v) is 8.38. The van der Waals surface area contributed by atoms with E-state index in [2.05, 4.69) is 0 Å². The summed E-state index contributed by atoms with van der Waals surface area (Å²) in [6.45, 7) is 0. The summed E-state index contributed by atoms with van der Waals surface area (Å²) in [5.74, 6) is 1.05. The molecule has 2 rings (SSSR count). The molecule has 0 fully saturated rings. The normalized spacial score (nSPS) is 14.6. The third-order valence-corrected chi connectivity index (χ3v) is 4.10. The van der Waals surface area contributed by atoms with Gasteiger partial charge in [-0.2, -0.15) is 0 Å². The zero-order chi connectivity index (χ0) is 8.55. The summed E-state index contributed by atoms with van der Waals surface area (Å²) in [5, 5.41) is 0.718. The van der Waals surface area contributed by atoms with Crippen LogP contribution in [0.15, 0.2) is 18.2 Å². The summed E-state index contributed by atoms with van der Waals surface area (Å²) in [6, 6.07) is 5.75. The van der Waals surface area contributed by atoms with Gasteiger partial charge in [0, 0.05) is 0 Å². The molecule has 12 heavy (non-hydrogen) atoms. The molecule has 0 unspecified atom stereocenters. The fourth-order valence-corrected chi connectivity index (χ4v) is 3.16. The van der Waals surface area contributed by atoms with Gasteiger partial charge in [-0.05, 0) is 0 Å². The minimum absolute atomic E-state index is 0.268. The van der Waals surface area contributed by atoms with Crippen molar-refractivity contribution in [1.29, 1.82) is 0 Å². The fourth-order valence-electron chi connectivity index (χ4n) is 1.20. The van der Waals surface area contributed by atoms with Crippen LogP contribution < -0.4 is 9.20 Å². The van der Waals surface area contributed by atoms with E-state index in [-0.39, 0.29) is 5.78 Å². The number of carbonyl (C=O) groups is 1. The number of rotatable bonds is 1. The van der Waals surface area contributed by atoms with Gasteiger partial charge in [-0.15, -0.1) is 0 Å². The Balaban J connectivity index is 2.50. The van der Waals surface area contributed by atoms with Crippen molar-refractivity contribution < 1.29 is 9.53 Å². The van der Waals surface area contributed by atoms with Crippen molar-refractivity contribution in [3.63, 3.8) is 0 Å². The number of hydrogen-bond donors (Lipinski definition) is 0. The Morgan fingerprint density at radius 2 is 2.33 bits per heavy atom. The first kappa shape index (κ1) is 7.84. The first-order valence-corrected chi connectivity index (χ1v) is 5.72. The number of hydrogen-bond acceptors (Lipinski definition) is 2. The predicted molar refractivity (Wildman–Crippen MR) is 47.5 cm³/mol. The number of ketones is 1. The van der Waals surface area contributed by atoms with E-state index in [1.54, 1.807) is 7.11 Å². The van der Waals surface area contributed by atoms with Crippen LogP contribution in [-0.4, -0.2) is 27.8 Å². The third kappa shape index (κ3) is 1.15. The molecule has 2 nitrogen and oxygen atoms in total. The van der Waals surface area contributed by atoms with E-state index in [0.717, 1.165) is 16.6 Å². The molecule has 0 saturated heterocycles. The molecule has 0 bridgehead atoms. The van der Waals surface area contributed by atoms with E-state index in [0.29, 0.717) is 15.0 Å². The second kappa shape index (κ2) is 2.92. The van der Waals surface area contributed by atoms with Crippen LogP contribution in [0.4, 0.5) is 0 Å². The summed E-state index contributed by atoms with van der Waals surface area (Å²) in [4.78, 5) is 11.3. The fraction of sp³-hybridized carbons (Fsp3) is 0.222. The number of Topliss-reactive ketones (excluding diaryl/α,β-unsaturated/α-hetero) is 1. The van der Waals surface area contributed by atoms with Crippen LogP contribution in [0.1, 0.15) is 10.4 Å². The number of benzene rings is 1. The minimum atomic E-state index is 0.268. The van der Waals surface area contributed by atoms with Gasteiger partial charge < -0.3 is 0 Å². The third-order valence-electron chi connectivity index (χ3n) is 1.85. The molecule has 1 heterocycles. The van der Waals surface area contributed by atoms with Gasteiger partial charge in [0.25, 0.3) is 0 Å². The summed E-state index contributed by atoms with van der Waals surface area (Å²) in [6.07, 6.45) is 0. The Morgan fingerprint density at radius 3 is 3.08 bits per heavy atom. The Labute approximate surface area is 77.1 Å². The second-order valence-electron chi connectivity index (χ2n) is 2.57. The zero-order valence-electron chi connectivity index (χ0n) is 6.66. The van der Waals surface area contributed by atoms with E-state index in [1.165, 1.54) is 4.46 Å². The van der Waals surface area contributed by atoms with Crippen molar-refractivity contribution in [2.24, 2.45) is 0 Å². The summed E-state index contributed by atoms with van der Waals surface area (Å²) >= 11 is 0.360. The molecule has 1 aliphatic heterocycles. The quantitative estimate of drug-likeness (QED) is 0.658. The van der Waals surface area contributed by atoms with Crippen LogP contribution in [0, 0.1) is 0 Å². The average molecular weight is 227 g/mol. The summed E-state index contributed by atoms with van der Waals surface area (Å²) in [5.41, 5.74) is 0.870. The molecular formula is C9H8O2Se. The van der Waals surface area contributed by atoms with E-state index in [1.807, 2.05) is 18.2 Å². The Hall–Kier alpha value is -0.791.